The number of carbonyl (C=O) groups excluding carboxylic acids is 1. The fourth-order valence-electron chi connectivity index (χ4n) is 2.16. The molecule has 0 spiro atoms. The Kier molecular flexibility index (Phi) is 4.43. The molecule has 0 radical (unpaired) electrons. The number of carbonyl (C=O) groups is 1. The molecule has 7 nitrogen and oxygen atoms in total. The van der Waals surface area contributed by atoms with Gasteiger partial charge in [0.15, 0.2) is 0 Å². The highest BCUT2D eigenvalue weighted by atomic mass is 35.5. The summed E-state index contributed by atoms with van der Waals surface area (Å²) in [6.07, 6.45) is 3.19. The summed E-state index contributed by atoms with van der Waals surface area (Å²) in [6.45, 7) is -0.185. The normalized spacial score (nSPS) is 10.6. The first-order valence-electron chi connectivity index (χ1n) is 7.14. The van der Waals surface area contributed by atoms with Gasteiger partial charge in [0.05, 0.1) is 17.6 Å². The summed E-state index contributed by atoms with van der Waals surface area (Å²) in [7, 11) is 1.75. The molecule has 0 atom stereocenters. The van der Waals surface area contributed by atoms with Gasteiger partial charge >= 0.3 is 0 Å². The molecule has 3 rings (SSSR count). The molecule has 0 aliphatic heterocycles. The maximum atomic E-state index is 12.1. The van der Waals surface area contributed by atoms with Gasteiger partial charge in [0.2, 0.25) is 5.91 Å². The van der Waals surface area contributed by atoms with Crippen molar-refractivity contribution in [3.8, 4) is 11.3 Å². The fraction of sp³-hybridized carbons (Fsp3) is 0.125. The highest BCUT2D eigenvalue weighted by molar-refractivity contribution is 6.30. The average Bonchev–Trinajstić information content (AvgIpc) is 2.95. The maximum absolute atomic E-state index is 12.1. The molecule has 0 saturated heterocycles. The van der Waals surface area contributed by atoms with E-state index >= 15 is 0 Å². The number of nitrogens with one attached hydrogen (secondary N) is 1. The van der Waals surface area contributed by atoms with Crippen molar-refractivity contribution >= 4 is 23.2 Å². The van der Waals surface area contributed by atoms with Crippen molar-refractivity contribution < 1.29 is 4.79 Å². The molecule has 0 aliphatic rings. The number of aromatic nitrogens is 4. The first-order valence-corrected chi connectivity index (χ1v) is 7.52. The van der Waals surface area contributed by atoms with Gasteiger partial charge in [-0.05, 0) is 18.2 Å². The van der Waals surface area contributed by atoms with Gasteiger partial charge in [-0.2, -0.15) is 10.2 Å². The van der Waals surface area contributed by atoms with Gasteiger partial charge in [0, 0.05) is 29.9 Å². The second-order valence-electron chi connectivity index (χ2n) is 5.17. The summed E-state index contributed by atoms with van der Waals surface area (Å²) in [6, 6.07) is 10.1. The zero-order valence-corrected chi connectivity index (χ0v) is 13.6. The molecule has 0 bridgehead atoms. The fourth-order valence-corrected chi connectivity index (χ4v) is 2.29. The lowest BCUT2D eigenvalue weighted by atomic mass is 10.1. The van der Waals surface area contributed by atoms with Crippen LogP contribution in [0.4, 0.5) is 5.69 Å². The van der Waals surface area contributed by atoms with E-state index in [-0.39, 0.29) is 18.0 Å². The Hall–Kier alpha value is -2.93. The van der Waals surface area contributed by atoms with Crippen molar-refractivity contribution in [3.63, 3.8) is 0 Å². The summed E-state index contributed by atoms with van der Waals surface area (Å²) in [5.41, 5.74) is 1.60. The zero-order chi connectivity index (χ0) is 17.1. The molecule has 1 N–H and O–H groups in total. The largest absolute Gasteiger partial charge is 0.322 e. The summed E-state index contributed by atoms with van der Waals surface area (Å²) in [4.78, 5) is 24.0. The second-order valence-corrected chi connectivity index (χ2v) is 5.61. The van der Waals surface area contributed by atoms with Crippen LogP contribution in [0.15, 0.2) is 53.6 Å². The van der Waals surface area contributed by atoms with Crippen LogP contribution in [0.1, 0.15) is 0 Å². The van der Waals surface area contributed by atoms with E-state index in [9.17, 15) is 9.59 Å². The number of halogens is 1. The molecule has 3 aromatic rings. The topological polar surface area (TPSA) is 81.8 Å². The predicted molar refractivity (Wildman–Crippen MR) is 90.8 cm³/mol. The van der Waals surface area contributed by atoms with E-state index in [0.29, 0.717) is 16.4 Å². The summed E-state index contributed by atoms with van der Waals surface area (Å²) in [5.74, 6) is -0.356. The van der Waals surface area contributed by atoms with Crippen molar-refractivity contribution in [1.82, 2.24) is 19.6 Å². The molecular weight excluding hydrogens is 330 g/mol. The number of amides is 1. The second kappa shape index (κ2) is 6.67. The van der Waals surface area contributed by atoms with Crippen molar-refractivity contribution in [3.05, 3.63) is 64.2 Å². The Balaban J connectivity index is 1.80. The number of hydrogen-bond acceptors (Lipinski definition) is 4. The summed E-state index contributed by atoms with van der Waals surface area (Å²) < 4.78 is 2.69. The minimum absolute atomic E-state index is 0.185. The van der Waals surface area contributed by atoms with Gasteiger partial charge in [0.1, 0.15) is 6.54 Å². The lowest BCUT2D eigenvalue weighted by Crippen LogP contribution is -2.29. The van der Waals surface area contributed by atoms with Gasteiger partial charge in [-0.15, -0.1) is 0 Å². The Morgan fingerprint density at radius 2 is 1.96 bits per heavy atom. The Morgan fingerprint density at radius 1 is 1.21 bits per heavy atom. The molecule has 0 unspecified atom stereocenters. The summed E-state index contributed by atoms with van der Waals surface area (Å²) in [5, 5.41) is 11.5. The van der Waals surface area contributed by atoms with Gasteiger partial charge in [-0.3, -0.25) is 14.3 Å². The number of rotatable bonds is 4. The number of aryl methyl sites for hydroxylation is 1. The highest BCUT2D eigenvalue weighted by Crippen LogP contribution is 2.18. The number of nitrogens with zero attached hydrogens (tertiary/aromatic N) is 4. The number of benzene rings is 1. The van der Waals surface area contributed by atoms with Crippen molar-refractivity contribution in [2.24, 2.45) is 7.05 Å². The molecule has 2 aromatic heterocycles. The van der Waals surface area contributed by atoms with Crippen LogP contribution in [-0.2, 0) is 18.4 Å². The van der Waals surface area contributed by atoms with Crippen molar-refractivity contribution in [2.75, 3.05) is 5.32 Å². The van der Waals surface area contributed by atoms with E-state index in [1.807, 2.05) is 0 Å². The number of anilines is 1. The minimum atomic E-state index is -0.356. The molecule has 0 saturated carbocycles. The molecule has 122 valence electrons. The molecule has 1 amide bonds. The van der Waals surface area contributed by atoms with Crippen LogP contribution in [0.2, 0.25) is 5.02 Å². The molecule has 2 heterocycles. The van der Waals surface area contributed by atoms with Crippen LogP contribution in [0.3, 0.4) is 0 Å². The average molecular weight is 344 g/mol. The van der Waals surface area contributed by atoms with Crippen LogP contribution in [0, 0.1) is 0 Å². The van der Waals surface area contributed by atoms with Crippen LogP contribution in [-0.4, -0.2) is 25.5 Å². The van der Waals surface area contributed by atoms with E-state index in [4.69, 9.17) is 11.6 Å². The van der Waals surface area contributed by atoms with E-state index in [1.54, 1.807) is 48.3 Å². The highest BCUT2D eigenvalue weighted by Gasteiger charge is 2.09. The van der Waals surface area contributed by atoms with Gasteiger partial charge in [-0.1, -0.05) is 23.7 Å². The summed E-state index contributed by atoms with van der Waals surface area (Å²) >= 11 is 5.87. The quantitative estimate of drug-likeness (QED) is 0.784. The molecule has 24 heavy (non-hydrogen) atoms. The third kappa shape index (κ3) is 3.69. The SMILES string of the molecule is Cn1cc(NC(=O)Cn2nc(-c3ccc(Cl)cc3)ccc2=O)cn1. The van der Waals surface area contributed by atoms with E-state index in [1.165, 1.54) is 12.3 Å². The zero-order valence-electron chi connectivity index (χ0n) is 12.8. The van der Waals surface area contributed by atoms with Crippen LogP contribution < -0.4 is 10.9 Å². The Labute approximate surface area is 142 Å². The first-order chi connectivity index (χ1) is 11.5. The minimum Gasteiger partial charge on any atom is -0.322 e. The maximum Gasteiger partial charge on any atom is 0.267 e. The molecule has 8 heteroatoms. The van der Waals surface area contributed by atoms with Gasteiger partial charge in [0.25, 0.3) is 5.56 Å². The molecular formula is C16H14ClN5O2. The number of hydrogen-bond donors (Lipinski definition) is 1. The van der Waals surface area contributed by atoms with Gasteiger partial charge in [-0.25, -0.2) is 4.68 Å². The van der Waals surface area contributed by atoms with Crippen molar-refractivity contribution in [2.45, 2.75) is 6.54 Å². The first kappa shape index (κ1) is 15.9. The van der Waals surface area contributed by atoms with Crippen LogP contribution >= 0.6 is 11.6 Å². The Bertz CT molecular complexity index is 930. The van der Waals surface area contributed by atoms with E-state index < -0.39 is 0 Å². The third-order valence-corrected chi connectivity index (χ3v) is 3.54. The molecule has 0 fully saturated rings. The lowest BCUT2D eigenvalue weighted by molar-refractivity contribution is -0.117. The standard InChI is InChI=1S/C16H14ClN5O2/c1-21-9-13(8-18-21)19-15(23)10-22-16(24)7-6-14(20-22)11-2-4-12(17)5-3-11/h2-9H,10H2,1H3,(H,19,23). The smallest absolute Gasteiger partial charge is 0.267 e. The van der Waals surface area contributed by atoms with E-state index in [0.717, 1.165) is 10.2 Å². The predicted octanol–water partition coefficient (Wildman–Crippen LogP) is 1.94. The van der Waals surface area contributed by atoms with E-state index in [2.05, 4.69) is 15.5 Å². The molecule has 0 aliphatic carbocycles. The van der Waals surface area contributed by atoms with Crippen LogP contribution in [0.5, 0.6) is 0 Å². The molecule has 1 aromatic carbocycles. The monoisotopic (exact) mass is 343 g/mol. The Morgan fingerprint density at radius 3 is 2.62 bits per heavy atom. The third-order valence-electron chi connectivity index (χ3n) is 3.29. The van der Waals surface area contributed by atoms with Crippen molar-refractivity contribution in [1.29, 1.82) is 0 Å². The van der Waals surface area contributed by atoms with Crippen LogP contribution in [0.25, 0.3) is 11.3 Å². The lowest BCUT2D eigenvalue weighted by Gasteiger charge is -2.07. The van der Waals surface area contributed by atoms with Gasteiger partial charge < -0.3 is 5.32 Å².